The zero-order chi connectivity index (χ0) is 24.8. The molecule has 2 aromatic carbocycles. The predicted molar refractivity (Wildman–Crippen MR) is 133 cm³/mol. The zero-order valence-electron chi connectivity index (χ0n) is 20.2. The van der Waals surface area contributed by atoms with E-state index in [1.165, 1.54) is 22.3 Å². The van der Waals surface area contributed by atoms with Crippen molar-refractivity contribution in [1.29, 1.82) is 0 Å². The Morgan fingerprint density at radius 3 is 2.31 bits per heavy atom. The summed E-state index contributed by atoms with van der Waals surface area (Å²) in [5.74, 6) is -1.82. The average molecular weight is 479 g/mol. The molecule has 7 nitrogen and oxygen atoms in total. The fraction of sp³-hybridized carbons (Fsp3) is 0.464. The number of carbonyl (C=O) groups is 3. The summed E-state index contributed by atoms with van der Waals surface area (Å²) in [5, 5.41) is 15.0. The number of alkyl carbamates (subject to hydrolysis) is 1. The predicted octanol–water partition coefficient (Wildman–Crippen LogP) is 4.70. The molecular weight excluding hydrogens is 444 g/mol. The molecule has 0 heterocycles. The molecule has 3 atom stereocenters. The number of ether oxygens (including phenoxy) is 1. The van der Waals surface area contributed by atoms with Gasteiger partial charge in [0.1, 0.15) is 6.61 Å². The van der Waals surface area contributed by atoms with E-state index in [4.69, 9.17) is 4.74 Å². The van der Waals surface area contributed by atoms with E-state index in [1.54, 1.807) is 0 Å². The van der Waals surface area contributed by atoms with E-state index < -0.39 is 18.0 Å². The molecule has 3 N–H and O–H groups in total. The maximum absolute atomic E-state index is 12.6. The number of carboxylic acids is 1. The molecule has 0 aromatic heterocycles. The topological polar surface area (TPSA) is 105 Å². The minimum Gasteiger partial charge on any atom is -0.481 e. The van der Waals surface area contributed by atoms with Crippen molar-refractivity contribution >= 4 is 18.0 Å². The molecule has 2 aliphatic carbocycles. The third-order valence-corrected chi connectivity index (χ3v) is 7.22. The van der Waals surface area contributed by atoms with Gasteiger partial charge < -0.3 is 20.5 Å². The summed E-state index contributed by atoms with van der Waals surface area (Å²) in [6.45, 7) is 2.33. The summed E-state index contributed by atoms with van der Waals surface area (Å²) >= 11 is 0. The van der Waals surface area contributed by atoms with Crippen LogP contribution in [0.3, 0.4) is 0 Å². The monoisotopic (exact) mass is 478 g/mol. The Balaban J connectivity index is 1.28. The van der Waals surface area contributed by atoms with Crippen molar-refractivity contribution in [2.75, 3.05) is 13.2 Å². The maximum atomic E-state index is 12.6. The van der Waals surface area contributed by atoms with E-state index in [0.717, 1.165) is 25.7 Å². The number of rotatable bonds is 9. The average Bonchev–Trinajstić information content (AvgIpc) is 3.19. The normalized spacial score (nSPS) is 19.8. The van der Waals surface area contributed by atoms with Gasteiger partial charge in [0, 0.05) is 24.4 Å². The van der Waals surface area contributed by atoms with Gasteiger partial charge in [-0.3, -0.25) is 9.59 Å². The van der Waals surface area contributed by atoms with E-state index in [0.29, 0.717) is 12.8 Å². The first-order chi connectivity index (χ1) is 17.0. The van der Waals surface area contributed by atoms with Gasteiger partial charge in [-0.15, -0.1) is 0 Å². The van der Waals surface area contributed by atoms with Gasteiger partial charge >= 0.3 is 12.1 Å². The van der Waals surface area contributed by atoms with Crippen LogP contribution in [0, 0.1) is 11.8 Å². The second kappa shape index (κ2) is 11.4. The SMILES string of the molecule is CCCC(CNC(=O)[C@@H]1CCC[C@H](NC(=O)OCC2c3ccccc3-c3ccccc32)C1)C(=O)O. The van der Waals surface area contributed by atoms with E-state index in [2.05, 4.69) is 34.9 Å². The van der Waals surface area contributed by atoms with E-state index in [1.807, 2.05) is 31.2 Å². The first-order valence-corrected chi connectivity index (χ1v) is 12.6. The van der Waals surface area contributed by atoms with Crippen LogP contribution in [0.25, 0.3) is 11.1 Å². The summed E-state index contributed by atoms with van der Waals surface area (Å²) in [6.07, 6.45) is 3.70. The van der Waals surface area contributed by atoms with Gasteiger partial charge in [0.25, 0.3) is 0 Å². The lowest BCUT2D eigenvalue weighted by Gasteiger charge is -2.29. The minimum atomic E-state index is -0.884. The van der Waals surface area contributed by atoms with E-state index >= 15 is 0 Å². The lowest BCUT2D eigenvalue weighted by atomic mass is 9.85. The number of carbonyl (C=O) groups excluding carboxylic acids is 2. The summed E-state index contributed by atoms with van der Waals surface area (Å²) in [6, 6.07) is 16.3. The molecule has 0 aliphatic heterocycles. The van der Waals surface area contributed by atoms with Crippen molar-refractivity contribution in [3.8, 4) is 11.1 Å². The second-order valence-corrected chi connectivity index (χ2v) is 9.60. The molecule has 0 spiro atoms. The van der Waals surface area contributed by atoms with Crippen LogP contribution in [0.4, 0.5) is 4.79 Å². The summed E-state index contributed by atoms with van der Waals surface area (Å²) in [4.78, 5) is 36.6. The molecule has 1 saturated carbocycles. The van der Waals surface area contributed by atoms with Crippen LogP contribution in [0.1, 0.15) is 62.5 Å². The molecule has 2 aromatic rings. The van der Waals surface area contributed by atoms with Crippen molar-refractivity contribution in [1.82, 2.24) is 10.6 Å². The van der Waals surface area contributed by atoms with Crippen LogP contribution >= 0.6 is 0 Å². The standard InChI is InChI=1S/C28H34N2O5/c1-2-8-19(27(32)33)16-29-26(31)18-9-7-10-20(15-18)30-28(34)35-17-25-23-13-5-3-11-21(23)22-12-4-6-14-24(22)25/h3-6,11-14,18-20,25H,2,7-10,15-17H2,1H3,(H,29,31)(H,30,34)(H,32,33)/t18-,19?,20+/m1/s1. The maximum Gasteiger partial charge on any atom is 0.407 e. The summed E-state index contributed by atoms with van der Waals surface area (Å²) in [5.41, 5.74) is 4.70. The van der Waals surface area contributed by atoms with Gasteiger partial charge in [-0.25, -0.2) is 4.79 Å². The Bertz CT molecular complexity index is 1020. The highest BCUT2D eigenvalue weighted by Gasteiger charge is 2.31. The first kappa shape index (κ1) is 24.8. The molecular formula is C28H34N2O5. The third kappa shape index (κ3) is 5.84. The van der Waals surface area contributed by atoms with Gasteiger partial charge in [0.2, 0.25) is 5.91 Å². The van der Waals surface area contributed by atoms with Crippen LogP contribution in [0.15, 0.2) is 48.5 Å². The highest BCUT2D eigenvalue weighted by molar-refractivity contribution is 5.80. The smallest absolute Gasteiger partial charge is 0.407 e. The molecule has 4 rings (SSSR count). The Morgan fingerprint density at radius 2 is 1.69 bits per heavy atom. The molecule has 0 radical (unpaired) electrons. The molecule has 0 saturated heterocycles. The lowest BCUT2D eigenvalue weighted by Crippen LogP contribution is -2.44. The van der Waals surface area contributed by atoms with Gasteiger partial charge in [-0.05, 0) is 47.9 Å². The number of aliphatic carboxylic acids is 1. The number of amides is 2. The number of fused-ring (bicyclic) bond motifs is 3. The van der Waals surface area contributed by atoms with Crippen molar-refractivity contribution in [2.45, 2.75) is 57.4 Å². The van der Waals surface area contributed by atoms with Crippen molar-refractivity contribution in [3.05, 3.63) is 59.7 Å². The minimum absolute atomic E-state index is 0.00309. The fourth-order valence-corrected chi connectivity index (χ4v) is 5.40. The third-order valence-electron chi connectivity index (χ3n) is 7.22. The summed E-state index contributed by atoms with van der Waals surface area (Å²) < 4.78 is 5.65. The summed E-state index contributed by atoms with van der Waals surface area (Å²) in [7, 11) is 0. The molecule has 0 bridgehead atoms. The van der Waals surface area contributed by atoms with Crippen molar-refractivity contribution < 1.29 is 24.2 Å². The van der Waals surface area contributed by atoms with Gasteiger partial charge in [0.05, 0.1) is 5.92 Å². The van der Waals surface area contributed by atoms with Crippen LogP contribution in [-0.2, 0) is 14.3 Å². The van der Waals surface area contributed by atoms with Gasteiger partial charge in [0.15, 0.2) is 0 Å². The van der Waals surface area contributed by atoms with Crippen LogP contribution in [-0.4, -0.2) is 42.3 Å². The van der Waals surface area contributed by atoms with Crippen LogP contribution in [0.2, 0.25) is 0 Å². The number of hydrogen-bond acceptors (Lipinski definition) is 4. The first-order valence-electron chi connectivity index (χ1n) is 12.6. The molecule has 186 valence electrons. The molecule has 7 heteroatoms. The number of nitrogens with one attached hydrogen (secondary N) is 2. The van der Waals surface area contributed by atoms with E-state index in [-0.39, 0.29) is 36.9 Å². The molecule has 2 aliphatic rings. The van der Waals surface area contributed by atoms with Crippen molar-refractivity contribution in [2.24, 2.45) is 11.8 Å². The largest absolute Gasteiger partial charge is 0.481 e. The van der Waals surface area contributed by atoms with E-state index in [9.17, 15) is 19.5 Å². The van der Waals surface area contributed by atoms with Gasteiger partial charge in [-0.2, -0.15) is 0 Å². The number of carboxylic acid groups (broad SMARTS) is 1. The van der Waals surface area contributed by atoms with Crippen LogP contribution in [0.5, 0.6) is 0 Å². The molecule has 1 fully saturated rings. The lowest BCUT2D eigenvalue weighted by molar-refractivity contribution is -0.142. The number of hydrogen-bond donors (Lipinski definition) is 3. The zero-order valence-corrected chi connectivity index (χ0v) is 20.2. The molecule has 1 unspecified atom stereocenters. The highest BCUT2D eigenvalue weighted by Crippen LogP contribution is 2.44. The fourth-order valence-electron chi connectivity index (χ4n) is 5.40. The number of benzene rings is 2. The molecule has 35 heavy (non-hydrogen) atoms. The Morgan fingerprint density at radius 1 is 1.03 bits per heavy atom. The van der Waals surface area contributed by atoms with Crippen molar-refractivity contribution in [3.63, 3.8) is 0 Å². The van der Waals surface area contributed by atoms with Gasteiger partial charge in [-0.1, -0.05) is 68.3 Å². The quantitative estimate of drug-likeness (QED) is 0.485. The Kier molecular flexibility index (Phi) is 8.06. The second-order valence-electron chi connectivity index (χ2n) is 9.60. The van der Waals surface area contributed by atoms with Crippen LogP contribution < -0.4 is 10.6 Å². The Labute approximate surface area is 206 Å². The highest BCUT2D eigenvalue weighted by atomic mass is 16.5. The molecule has 2 amide bonds. The Hall–Kier alpha value is -3.35.